The Bertz CT molecular complexity index is 488. The summed E-state index contributed by atoms with van der Waals surface area (Å²) >= 11 is 0. The molecule has 6 heteroatoms. The van der Waals surface area contributed by atoms with Crippen LogP contribution in [0.4, 0.5) is 0 Å². The molecule has 2 saturated heterocycles. The average molecular weight is 306 g/mol. The van der Waals surface area contributed by atoms with E-state index < -0.39 is 0 Å². The lowest BCUT2D eigenvalue weighted by Crippen LogP contribution is -2.41. The standard InChI is InChI=1S/C16H26N4O2/c21-12-13-4-8-19(9-5-13)16(22)11-20-15(3-7-18-20)14-2-1-6-17-10-14/h3,7,13-14,17,21H,1-2,4-6,8-12H2. The molecular weight excluding hydrogens is 280 g/mol. The fourth-order valence-electron chi connectivity index (χ4n) is 3.52. The molecule has 22 heavy (non-hydrogen) atoms. The van der Waals surface area contributed by atoms with Gasteiger partial charge in [0.25, 0.3) is 0 Å². The first-order valence-corrected chi connectivity index (χ1v) is 8.39. The predicted molar refractivity (Wildman–Crippen MR) is 83.5 cm³/mol. The smallest absolute Gasteiger partial charge is 0.244 e. The molecule has 0 saturated carbocycles. The highest BCUT2D eigenvalue weighted by Gasteiger charge is 2.24. The van der Waals surface area contributed by atoms with Crippen LogP contribution >= 0.6 is 0 Å². The van der Waals surface area contributed by atoms with Crippen molar-refractivity contribution >= 4 is 5.91 Å². The Morgan fingerprint density at radius 2 is 2.18 bits per heavy atom. The molecule has 0 radical (unpaired) electrons. The third-order valence-electron chi connectivity index (χ3n) is 4.98. The summed E-state index contributed by atoms with van der Waals surface area (Å²) in [5.41, 5.74) is 1.17. The van der Waals surface area contributed by atoms with Crippen LogP contribution in [-0.4, -0.2) is 58.5 Å². The summed E-state index contributed by atoms with van der Waals surface area (Å²) in [7, 11) is 0. The van der Waals surface area contributed by atoms with E-state index in [0.717, 1.165) is 45.4 Å². The third kappa shape index (κ3) is 3.50. The molecule has 3 rings (SSSR count). The van der Waals surface area contributed by atoms with Gasteiger partial charge in [0, 0.05) is 44.0 Å². The van der Waals surface area contributed by atoms with Gasteiger partial charge in [0.05, 0.1) is 0 Å². The normalized spacial score (nSPS) is 23.7. The monoisotopic (exact) mass is 306 g/mol. The Morgan fingerprint density at radius 3 is 2.86 bits per heavy atom. The number of hydrogen-bond acceptors (Lipinski definition) is 4. The molecule has 2 N–H and O–H groups in total. The number of nitrogens with zero attached hydrogens (tertiary/aromatic N) is 3. The Morgan fingerprint density at radius 1 is 1.36 bits per heavy atom. The van der Waals surface area contributed by atoms with Crippen molar-refractivity contribution in [3.05, 3.63) is 18.0 Å². The highest BCUT2D eigenvalue weighted by molar-refractivity contribution is 5.76. The van der Waals surface area contributed by atoms with Crippen molar-refractivity contribution in [2.24, 2.45) is 5.92 Å². The van der Waals surface area contributed by atoms with Crippen molar-refractivity contribution < 1.29 is 9.90 Å². The summed E-state index contributed by atoms with van der Waals surface area (Å²) in [4.78, 5) is 14.4. The highest BCUT2D eigenvalue weighted by Crippen LogP contribution is 2.23. The first-order chi connectivity index (χ1) is 10.8. The van der Waals surface area contributed by atoms with Crippen LogP contribution in [0.2, 0.25) is 0 Å². The number of aromatic nitrogens is 2. The molecule has 1 aromatic heterocycles. The van der Waals surface area contributed by atoms with Gasteiger partial charge in [0.2, 0.25) is 5.91 Å². The lowest BCUT2D eigenvalue weighted by Gasteiger charge is -2.31. The van der Waals surface area contributed by atoms with Gasteiger partial charge in [-0.25, -0.2) is 0 Å². The van der Waals surface area contributed by atoms with E-state index in [4.69, 9.17) is 0 Å². The van der Waals surface area contributed by atoms with Gasteiger partial charge in [-0.3, -0.25) is 9.48 Å². The number of nitrogens with one attached hydrogen (secondary N) is 1. The zero-order valence-electron chi connectivity index (χ0n) is 13.1. The second-order valence-electron chi connectivity index (χ2n) is 6.46. The molecule has 0 aliphatic carbocycles. The predicted octanol–water partition coefficient (Wildman–Crippen LogP) is 0.581. The van der Waals surface area contributed by atoms with Crippen LogP contribution in [0.25, 0.3) is 0 Å². The molecule has 0 aromatic carbocycles. The summed E-state index contributed by atoms with van der Waals surface area (Å²) in [5.74, 6) is 0.965. The van der Waals surface area contributed by atoms with Crippen LogP contribution in [0.1, 0.15) is 37.3 Å². The lowest BCUT2D eigenvalue weighted by atomic mass is 9.96. The van der Waals surface area contributed by atoms with Crippen LogP contribution in [0.5, 0.6) is 0 Å². The van der Waals surface area contributed by atoms with Crippen molar-refractivity contribution in [2.45, 2.75) is 38.1 Å². The molecule has 0 bridgehead atoms. The number of carbonyl (C=O) groups excluding carboxylic acids is 1. The van der Waals surface area contributed by atoms with Crippen molar-refractivity contribution in [2.75, 3.05) is 32.8 Å². The first kappa shape index (κ1) is 15.5. The minimum atomic E-state index is 0.144. The zero-order chi connectivity index (χ0) is 15.4. The van der Waals surface area contributed by atoms with Gasteiger partial charge in [-0.15, -0.1) is 0 Å². The van der Waals surface area contributed by atoms with E-state index in [1.165, 1.54) is 12.1 Å². The van der Waals surface area contributed by atoms with Gasteiger partial charge >= 0.3 is 0 Å². The van der Waals surface area contributed by atoms with E-state index in [1.54, 1.807) is 6.20 Å². The molecule has 3 heterocycles. The number of amides is 1. The first-order valence-electron chi connectivity index (χ1n) is 8.39. The van der Waals surface area contributed by atoms with Crippen molar-refractivity contribution in [3.8, 4) is 0 Å². The number of rotatable bonds is 4. The average Bonchev–Trinajstić information content (AvgIpc) is 3.04. The minimum Gasteiger partial charge on any atom is -0.396 e. The van der Waals surface area contributed by atoms with E-state index in [2.05, 4.69) is 10.4 Å². The molecule has 1 unspecified atom stereocenters. The van der Waals surface area contributed by atoms with E-state index in [0.29, 0.717) is 18.4 Å². The number of hydrogen-bond donors (Lipinski definition) is 2. The summed E-state index contributed by atoms with van der Waals surface area (Å²) in [6.45, 7) is 4.14. The summed E-state index contributed by atoms with van der Waals surface area (Å²) < 4.78 is 1.87. The highest BCUT2D eigenvalue weighted by atomic mass is 16.3. The largest absolute Gasteiger partial charge is 0.396 e. The third-order valence-corrected chi connectivity index (χ3v) is 4.98. The van der Waals surface area contributed by atoms with Crippen molar-refractivity contribution in [1.29, 1.82) is 0 Å². The van der Waals surface area contributed by atoms with Gasteiger partial charge in [-0.05, 0) is 44.2 Å². The van der Waals surface area contributed by atoms with Gasteiger partial charge < -0.3 is 15.3 Å². The van der Waals surface area contributed by atoms with Gasteiger partial charge in [-0.1, -0.05) is 0 Å². The van der Waals surface area contributed by atoms with E-state index in [1.807, 2.05) is 15.6 Å². The van der Waals surface area contributed by atoms with Crippen LogP contribution in [0, 0.1) is 5.92 Å². The summed E-state index contributed by atoms with van der Waals surface area (Å²) in [6.07, 6.45) is 5.95. The molecule has 1 aromatic rings. The number of piperidine rings is 2. The zero-order valence-corrected chi connectivity index (χ0v) is 13.1. The number of carbonyl (C=O) groups is 1. The molecule has 122 valence electrons. The van der Waals surface area contributed by atoms with Crippen LogP contribution in [-0.2, 0) is 11.3 Å². The minimum absolute atomic E-state index is 0.144. The fourth-order valence-corrected chi connectivity index (χ4v) is 3.52. The Kier molecular flexibility index (Phi) is 5.10. The topological polar surface area (TPSA) is 70.4 Å². The lowest BCUT2D eigenvalue weighted by molar-refractivity contribution is -0.133. The second kappa shape index (κ2) is 7.24. The van der Waals surface area contributed by atoms with Crippen molar-refractivity contribution in [3.63, 3.8) is 0 Å². The molecule has 1 amide bonds. The second-order valence-corrected chi connectivity index (χ2v) is 6.46. The maximum Gasteiger partial charge on any atom is 0.244 e. The molecular formula is C16H26N4O2. The SMILES string of the molecule is O=C(Cn1nccc1C1CCCNC1)N1CCC(CO)CC1. The maximum absolute atomic E-state index is 12.5. The number of likely N-dealkylation sites (tertiary alicyclic amines) is 1. The van der Waals surface area contributed by atoms with Gasteiger partial charge in [0.1, 0.15) is 6.54 Å². The summed E-state index contributed by atoms with van der Waals surface area (Å²) in [5, 5.41) is 17.0. The Hall–Kier alpha value is -1.40. The molecule has 2 aliphatic heterocycles. The molecule has 2 aliphatic rings. The number of aliphatic hydroxyl groups excluding tert-OH is 1. The molecule has 1 atom stereocenters. The van der Waals surface area contributed by atoms with Crippen LogP contribution < -0.4 is 5.32 Å². The Labute approximate surface area is 131 Å². The Balaban J connectivity index is 1.59. The fraction of sp³-hybridized carbons (Fsp3) is 0.750. The van der Waals surface area contributed by atoms with Crippen LogP contribution in [0.15, 0.2) is 12.3 Å². The molecule has 6 nitrogen and oxygen atoms in total. The van der Waals surface area contributed by atoms with E-state index in [9.17, 15) is 9.90 Å². The molecule has 0 spiro atoms. The van der Waals surface area contributed by atoms with Crippen LogP contribution in [0.3, 0.4) is 0 Å². The van der Waals surface area contributed by atoms with E-state index in [-0.39, 0.29) is 12.5 Å². The van der Waals surface area contributed by atoms with Gasteiger partial charge in [-0.2, -0.15) is 5.10 Å². The number of aliphatic hydroxyl groups is 1. The van der Waals surface area contributed by atoms with E-state index >= 15 is 0 Å². The maximum atomic E-state index is 12.5. The summed E-state index contributed by atoms with van der Waals surface area (Å²) in [6, 6.07) is 2.04. The van der Waals surface area contributed by atoms with Crippen molar-refractivity contribution in [1.82, 2.24) is 20.0 Å². The van der Waals surface area contributed by atoms with Gasteiger partial charge in [0.15, 0.2) is 0 Å². The molecule has 2 fully saturated rings. The quantitative estimate of drug-likeness (QED) is 0.854.